The first-order chi connectivity index (χ1) is 7.63. The zero-order valence-corrected chi connectivity index (χ0v) is 9.87. The standard InChI is InChI=1S/C12H14ClNO2/c1-2-14-7-8(6-11(15)16)12-9(13)4-3-5-10(12)14/h3-5,8H,2,6-7H2,1H3,(H,15,16). The highest BCUT2D eigenvalue weighted by Crippen LogP contribution is 2.41. The average molecular weight is 240 g/mol. The van der Waals surface area contributed by atoms with E-state index in [2.05, 4.69) is 11.8 Å². The highest BCUT2D eigenvalue weighted by atomic mass is 35.5. The number of aliphatic carboxylic acids is 1. The molecule has 0 aliphatic carbocycles. The minimum atomic E-state index is -0.770. The van der Waals surface area contributed by atoms with Gasteiger partial charge in [0.25, 0.3) is 0 Å². The Kier molecular flexibility index (Phi) is 3.06. The molecule has 1 unspecified atom stereocenters. The predicted octanol–water partition coefficient (Wildman–Crippen LogP) is 2.74. The molecule has 0 saturated heterocycles. The molecule has 86 valence electrons. The second-order valence-electron chi connectivity index (χ2n) is 4.01. The minimum Gasteiger partial charge on any atom is -0.481 e. The first-order valence-electron chi connectivity index (χ1n) is 5.38. The Morgan fingerprint density at radius 1 is 1.62 bits per heavy atom. The summed E-state index contributed by atoms with van der Waals surface area (Å²) in [5.41, 5.74) is 2.08. The van der Waals surface area contributed by atoms with Gasteiger partial charge in [-0.15, -0.1) is 0 Å². The lowest BCUT2D eigenvalue weighted by molar-refractivity contribution is -0.137. The summed E-state index contributed by atoms with van der Waals surface area (Å²) in [5.74, 6) is -0.755. The molecule has 16 heavy (non-hydrogen) atoms. The number of carbonyl (C=O) groups is 1. The van der Waals surface area contributed by atoms with Gasteiger partial charge in [-0.3, -0.25) is 4.79 Å². The van der Waals surface area contributed by atoms with E-state index in [0.717, 1.165) is 24.3 Å². The summed E-state index contributed by atoms with van der Waals surface area (Å²) in [6.07, 6.45) is 0.146. The van der Waals surface area contributed by atoms with Gasteiger partial charge in [0, 0.05) is 29.7 Å². The summed E-state index contributed by atoms with van der Waals surface area (Å²) >= 11 is 6.15. The Bertz CT molecular complexity index is 419. The molecule has 1 aromatic rings. The zero-order valence-electron chi connectivity index (χ0n) is 9.11. The van der Waals surface area contributed by atoms with E-state index in [-0.39, 0.29) is 12.3 Å². The van der Waals surface area contributed by atoms with Gasteiger partial charge in [0.05, 0.1) is 6.42 Å². The highest BCUT2D eigenvalue weighted by Gasteiger charge is 2.30. The van der Waals surface area contributed by atoms with Gasteiger partial charge in [0.1, 0.15) is 0 Å². The Labute approximate surface area is 99.6 Å². The van der Waals surface area contributed by atoms with E-state index in [1.807, 2.05) is 18.2 Å². The molecule has 0 aromatic heterocycles. The van der Waals surface area contributed by atoms with Gasteiger partial charge in [-0.25, -0.2) is 0 Å². The van der Waals surface area contributed by atoms with Crippen LogP contribution in [-0.4, -0.2) is 24.2 Å². The van der Waals surface area contributed by atoms with Crippen molar-refractivity contribution in [2.24, 2.45) is 0 Å². The van der Waals surface area contributed by atoms with Gasteiger partial charge >= 0.3 is 5.97 Å². The number of hydrogen-bond acceptors (Lipinski definition) is 2. The van der Waals surface area contributed by atoms with Crippen LogP contribution in [0.25, 0.3) is 0 Å². The largest absolute Gasteiger partial charge is 0.481 e. The molecule has 0 fully saturated rings. The quantitative estimate of drug-likeness (QED) is 0.882. The molecule has 0 spiro atoms. The summed E-state index contributed by atoms with van der Waals surface area (Å²) < 4.78 is 0. The molecule has 1 N–H and O–H groups in total. The van der Waals surface area contributed by atoms with Crippen molar-refractivity contribution in [3.8, 4) is 0 Å². The fourth-order valence-corrected chi connectivity index (χ4v) is 2.66. The van der Waals surface area contributed by atoms with Crippen molar-refractivity contribution in [1.82, 2.24) is 0 Å². The molecule has 1 heterocycles. The van der Waals surface area contributed by atoms with E-state index in [1.54, 1.807) is 0 Å². The zero-order chi connectivity index (χ0) is 11.7. The van der Waals surface area contributed by atoms with E-state index in [0.29, 0.717) is 5.02 Å². The van der Waals surface area contributed by atoms with Gasteiger partial charge < -0.3 is 10.0 Å². The minimum absolute atomic E-state index is 0.0150. The van der Waals surface area contributed by atoms with Crippen molar-refractivity contribution in [3.63, 3.8) is 0 Å². The number of carboxylic acids is 1. The lowest BCUT2D eigenvalue weighted by Crippen LogP contribution is -2.21. The number of likely N-dealkylation sites (N-methyl/N-ethyl adjacent to an activating group) is 1. The third kappa shape index (κ3) is 1.87. The van der Waals surface area contributed by atoms with Gasteiger partial charge in [0.2, 0.25) is 0 Å². The molecule has 3 nitrogen and oxygen atoms in total. The van der Waals surface area contributed by atoms with Crippen molar-refractivity contribution >= 4 is 23.3 Å². The molecule has 1 atom stereocenters. The van der Waals surface area contributed by atoms with Gasteiger partial charge in [-0.05, 0) is 24.6 Å². The Morgan fingerprint density at radius 3 is 3.00 bits per heavy atom. The van der Waals surface area contributed by atoms with Gasteiger partial charge in [-0.1, -0.05) is 17.7 Å². The topological polar surface area (TPSA) is 40.5 Å². The van der Waals surface area contributed by atoms with Crippen molar-refractivity contribution in [3.05, 3.63) is 28.8 Å². The third-order valence-electron chi connectivity index (χ3n) is 3.02. The lowest BCUT2D eigenvalue weighted by atomic mass is 9.98. The maximum atomic E-state index is 10.8. The highest BCUT2D eigenvalue weighted by molar-refractivity contribution is 6.32. The summed E-state index contributed by atoms with van der Waals surface area (Å²) in [6.45, 7) is 3.69. The number of nitrogens with zero attached hydrogens (tertiary/aromatic N) is 1. The number of rotatable bonds is 3. The number of hydrogen-bond donors (Lipinski definition) is 1. The summed E-state index contributed by atoms with van der Waals surface area (Å²) in [6, 6.07) is 5.74. The monoisotopic (exact) mass is 239 g/mol. The molecule has 2 rings (SSSR count). The van der Waals surface area contributed by atoms with Crippen molar-refractivity contribution in [2.45, 2.75) is 19.3 Å². The number of halogens is 1. The first kappa shape index (κ1) is 11.3. The molecular weight excluding hydrogens is 226 g/mol. The second-order valence-corrected chi connectivity index (χ2v) is 4.41. The summed E-state index contributed by atoms with van der Waals surface area (Å²) in [5, 5.41) is 9.57. The fourth-order valence-electron chi connectivity index (χ4n) is 2.34. The Balaban J connectivity index is 2.39. The summed E-state index contributed by atoms with van der Waals surface area (Å²) in [4.78, 5) is 13.0. The van der Waals surface area contributed by atoms with Crippen molar-refractivity contribution in [1.29, 1.82) is 0 Å². The molecule has 0 radical (unpaired) electrons. The maximum absolute atomic E-state index is 10.8. The van der Waals surface area contributed by atoms with Crippen molar-refractivity contribution < 1.29 is 9.90 Å². The lowest BCUT2D eigenvalue weighted by Gasteiger charge is -2.16. The normalized spacial score (nSPS) is 18.6. The second kappa shape index (κ2) is 4.34. The van der Waals surface area contributed by atoms with Crippen LogP contribution in [-0.2, 0) is 4.79 Å². The van der Waals surface area contributed by atoms with Crippen LogP contribution < -0.4 is 4.90 Å². The fraction of sp³-hybridized carbons (Fsp3) is 0.417. The van der Waals surface area contributed by atoms with Crippen LogP contribution in [0.1, 0.15) is 24.8 Å². The summed E-state index contributed by atoms with van der Waals surface area (Å²) in [7, 11) is 0. The SMILES string of the molecule is CCN1CC(CC(=O)O)c2c(Cl)cccc21. The molecule has 1 aromatic carbocycles. The van der Waals surface area contributed by atoms with E-state index in [1.165, 1.54) is 0 Å². The number of benzene rings is 1. The van der Waals surface area contributed by atoms with E-state index >= 15 is 0 Å². The number of fused-ring (bicyclic) bond motifs is 1. The average Bonchev–Trinajstić information content (AvgIpc) is 2.57. The predicted molar refractivity (Wildman–Crippen MR) is 64.3 cm³/mol. The Hall–Kier alpha value is -1.22. The molecule has 1 aliphatic heterocycles. The van der Waals surface area contributed by atoms with Crippen LogP contribution in [0.2, 0.25) is 5.02 Å². The van der Waals surface area contributed by atoms with Crippen LogP contribution in [0.3, 0.4) is 0 Å². The molecule has 1 aliphatic rings. The maximum Gasteiger partial charge on any atom is 0.304 e. The van der Waals surface area contributed by atoms with Crippen LogP contribution >= 0.6 is 11.6 Å². The smallest absolute Gasteiger partial charge is 0.304 e. The molecule has 0 saturated carbocycles. The van der Waals surface area contributed by atoms with E-state index < -0.39 is 5.97 Å². The van der Waals surface area contributed by atoms with Gasteiger partial charge in [0.15, 0.2) is 0 Å². The molecule has 4 heteroatoms. The van der Waals surface area contributed by atoms with Crippen LogP contribution in [0.15, 0.2) is 18.2 Å². The van der Waals surface area contributed by atoms with Crippen LogP contribution in [0, 0.1) is 0 Å². The van der Waals surface area contributed by atoms with E-state index in [4.69, 9.17) is 16.7 Å². The number of carboxylic acid groups (broad SMARTS) is 1. The van der Waals surface area contributed by atoms with Gasteiger partial charge in [-0.2, -0.15) is 0 Å². The number of anilines is 1. The molecule has 0 bridgehead atoms. The third-order valence-corrected chi connectivity index (χ3v) is 3.35. The Morgan fingerprint density at radius 2 is 2.38 bits per heavy atom. The first-order valence-corrected chi connectivity index (χ1v) is 5.76. The van der Waals surface area contributed by atoms with Crippen molar-refractivity contribution in [2.75, 3.05) is 18.0 Å². The van der Waals surface area contributed by atoms with Crippen LogP contribution in [0.4, 0.5) is 5.69 Å². The molecular formula is C12H14ClNO2. The van der Waals surface area contributed by atoms with E-state index in [9.17, 15) is 4.79 Å². The van der Waals surface area contributed by atoms with Crippen LogP contribution in [0.5, 0.6) is 0 Å². The molecule has 0 amide bonds.